The molecule has 0 aliphatic heterocycles. The average Bonchev–Trinajstić information content (AvgIpc) is 3.59. The third-order valence-electron chi connectivity index (χ3n) is 6.17. The number of amides is 1. The Hall–Kier alpha value is -3.87. The number of benzene rings is 2. The number of nitrogens with zero attached hydrogens (tertiary/aromatic N) is 1. The highest BCUT2D eigenvalue weighted by atomic mass is 16.5. The molecule has 0 saturated heterocycles. The van der Waals surface area contributed by atoms with Gasteiger partial charge in [0.25, 0.3) is 5.91 Å². The Balaban J connectivity index is 1.50. The molecule has 0 bridgehead atoms. The van der Waals surface area contributed by atoms with Crippen LogP contribution in [-0.2, 0) is 16.0 Å². The van der Waals surface area contributed by atoms with E-state index in [0.717, 1.165) is 52.6 Å². The van der Waals surface area contributed by atoms with Gasteiger partial charge in [0.2, 0.25) is 0 Å². The Morgan fingerprint density at radius 2 is 1.85 bits per heavy atom. The van der Waals surface area contributed by atoms with Gasteiger partial charge in [-0.2, -0.15) is 0 Å². The summed E-state index contributed by atoms with van der Waals surface area (Å²) in [6, 6.07) is 13.5. The number of nitrogens with one attached hydrogen (secondary N) is 1. The largest absolute Gasteiger partial charge is 0.493 e. The molecule has 1 amide bonds. The third-order valence-corrected chi connectivity index (χ3v) is 6.17. The van der Waals surface area contributed by atoms with Crippen LogP contribution in [-0.4, -0.2) is 43.7 Å². The van der Waals surface area contributed by atoms with Crippen LogP contribution in [0, 0.1) is 0 Å². The number of rotatable bonds is 7. The zero-order valence-corrected chi connectivity index (χ0v) is 19.2. The average molecular weight is 459 g/mol. The van der Waals surface area contributed by atoms with Gasteiger partial charge in [0, 0.05) is 11.4 Å². The number of hydrogen-bond acceptors (Lipinski definition) is 6. The molecule has 34 heavy (non-hydrogen) atoms. The topological polar surface area (TPSA) is 86.8 Å². The molecule has 174 valence electrons. The number of aromatic nitrogens is 1. The van der Waals surface area contributed by atoms with Crippen molar-refractivity contribution >= 4 is 34.4 Å². The lowest BCUT2D eigenvalue weighted by molar-refractivity contribution is -0.124. The predicted molar refractivity (Wildman–Crippen MR) is 129 cm³/mol. The summed E-state index contributed by atoms with van der Waals surface area (Å²) in [5.41, 5.74) is 4.86. The van der Waals surface area contributed by atoms with Crippen molar-refractivity contribution in [3.63, 3.8) is 0 Å². The zero-order chi connectivity index (χ0) is 23.7. The Labute approximate surface area is 197 Å². The maximum absolute atomic E-state index is 13.2. The van der Waals surface area contributed by atoms with Crippen molar-refractivity contribution in [2.45, 2.75) is 31.7 Å². The molecule has 0 atom stereocenters. The second kappa shape index (κ2) is 9.17. The first-order valence-electron chi connectivity index (χ1n) is 11.4. The van der Waals surface area contributed by atoms with Gasteiger partial charge in [0.1, 0.15) is 0 Å². The number of methoxy groups -OCH3 is 2. The van der Waals surface area contributed by atoms with E-state index in [2.05, 4.69) is 11.4 Å². The monoisotopic (exact) mass is 458 g/mol. The van der Waals surface area contributed by atoms with Gasteiger partial charge >= 0.3 is 5.97 Å². The summed E-state index contributed by atoms with van der Waals surface area (Å²) in [6.45, 7) is -0.283. The number of ether oxygens (including phenoxy) is 3. The molecule has 1 N–H and O–H groups in total. The molecule has 0 unspecified atom stereocenters. The van der Waals surface area contributed by atoms with Crippen molar-refractivity contribution in [1.29, 1.82) is 0 Å². The number of para-hydroxylation sites is 1. The van der Waals surface area contributed by atoms with Gasteiger partial charge in [0.15, 0.2) is 18.1 Å². The van der Waals surface area contributed by atoms with Crippen LogP contribution in [0.5, 0.6) is 11.5 Å². The molecule has 5 rings (SSSR count). The molecule has 3 aromatic rings. The van der Waals surface area contributed by atoms with Crippen molar-refractivity contribution in [2.75, 3.05) is 20.8 Å². The molecule has 7 heteroatoms. The molecule has 0 radical (unpaired) electrons. The Bertz CT molecular complexity index is 1310. The SMILES string of the molecule is COc1ccc(/C=C2\CCc3c2nc2ccccc2c3C(=O)OCC(=O)NC2CC2)cc1OC. The highest BCUT2D eigenvalue weighted by Gasteiger charge is 2.29. The highest BCUT2D eigenvalue weighted by molar-refractivity contribution is 6.07. The summed E-state index contributed by atoms with van der Waals surface area (Å²) in [5.74, 6) is 0.555. The number of hydrogen-bond donors (Lipinski definition) is 1. The van der Waals surface area contributed by atoms with Crippen LogP contribution in [0.15, 0.2) is 42.5 Å². The molecular weight excluding hydrogens is 432 g/mol. The van der Waals surface area contributed by atoms with Crippen molar-refractivity contribution < 1.29 is 23.8 Å². The van der Waals surface area contributed by atoms with E-state index in [-0.39, 0.29) is 18.6 Å². The van der Waals surface area contributed by atoms with Gasteiger partial charge < -0.3 is 19.5 Å². The van der Waals surface area contributed by atoms with Crippen molar-refractivity contribution in [1.82, 2.24) is 10.3 Å². The van der Waals surface area contributed by atoms with Crippen LogP contribution in [0.25, 0.3) is 22.6 Å². The molecule has 1 saturated carbocycles. The fraction of sp³-hybridized carbons (Fsp3) is 0.296. The number of pyridine rings is 1. The van der Waals surface area contributed by atoms with E-state index in [4.69, 9.17) is 19.2 Å². The van der Waals surface area contributed by atoms with Crippen molar-refractivity contribution in [3.8, 4) is 11.5 Å². The van der Waals surface area contributed by atoms with Gasteiger partial charge in [-0.1, -0.05) is 24.3 Å². The van der Waals surface area contributed by atoms with Gasteiger partial charge in [-0.3, -0.25) is 4.79 Å². The fourth-order valence-electron chi connectivity index (χ4n) is 4.36. The lowest BCUT2D eigenvalue weighted by Crippen LogP contribution is -2.30. The summed E-state index contributed by atoms with van der Waals surface area (Å²) < 4.78 is 16.2. The second-order valence-electron chi connectivity index (χ2n) is 8.53. The van der Waals surface area contributed by atoms with E-state index in [0.29, 0.717) is 23.5 Å². The van der Waals surface area contributed by atoms with E-state index in [1.165, 1.54) is 0 Å². The molecule has 2 aromatic carbocycles. The van der Waals surface area contributed by atoms with Crippen LogP contribution in [0.4, 0.5) is 0 Å². The van der Waals surface area contributed by atoms with Gasteiger partial charge in [-0.05, 0) is 66.7 Å². The number of esters is 1. The Morgan fingerprint density at radius 1 is 1.06 bits per heavy atom. The first-order chi connectivity index (χ1) is 16.6. The van der Waals surface area contributed by atoms with Crippen molar-refractivity contribution in [2.24, 2.45) is 0 Å². The summed E-state index contributed by atoms with van der Waals surface area (Å²) >= 11 is 0. The van der Waals surface area contributed by atoms with Gasteiger partial charge in [0.05, 0.1) is 31.0 Å². The molecule has 1 fully saturated rings. The van der Waals surface area contributed by atoms with E-state index in [1.807, 2.05) is 42.5 Å². The van der Waals surface area contributed by atoms with Crippen LogP contribution in [0.3, 0.4) is 0 Å². The minimum Gasteiger partial charge on any atom is -0.493 e. The molecule has 2 aliphatic rings. The molecule has 7 nitrogen and oxygen atoms in total. The Morgan fingerprint density at radius 3 is 2.62 bits per heavy atom. The summed E-state index contributed by atoms with van der Waals surface area (Å²) in [4.78, 5) is 30.1. The first-order valence-corrected chi connectivity index (χ1v) is 11.4. The standard InChI is InChI=1S/C27H26N2O5/c1-32-22-12-7-16(14-23(22)33-2)13-17-8-11-20-25(19-5-3-4-6-21(19)29-26(17)20)27(31)34-15-24(30)28-18-9-10-18/h3-7,12-14,18H,8-11,15H2,1-2H3,(H,28,30)/b17-13+. The molecule has 2 aliphatic carbocycles. The van der Waals surface area contributed by atoms with Crippen molar-refractivity contribution in [3.05, 3.63) is 64.8 Å². The lowest BCUT2D eigenvalue weighted by Gasteiger charge is -2.12. The zero-order valence-electron chi connectivity index (χ0n) is 19.2. The smallest absolute Gasteiger partial charge is 0.339 e. The number of carbonyl (C=O) groups is 2. The minimum atomic E-state index is -0.492. The summed E-state index contributed by atoms with van der Waals surface area (Å²) in [6.07, 6.45) is 5.45. The van der Waals surface area contributed by atoms with Crippen LogP contribution in [0.1, 0.15) is 46.4 Å². The number of allylic oxidation sites excluding steroid dienone is 1. The van der Waals surface area contributed by atoms with Crippen LogP contribution < -0.4 is 14.8 Å². The summed E-state index contributed by atoms with van der Waals surface area (Å²) in [5, 5.41) is 3.58. The molecular formula is C27H26N2O5. The van der Waals surface area contributed by atoms with E-state index >= 15 is 0 Å². The fourth-order valence-corrected chi connectivity index (χ4v) is 4.36. The van der Waals surface area contributed by atoms with Crippen LogP contribution in [0.2, 0.25) is 0 Å². The van der Waals surface area contributed by atoms with Crippen LogP contribution >= 0.6 is 0 Å². The predicted octanol–water partition coefficient (Wildman–Crippen LogP) is 4.17. The second-order valence-corrected chi connectivity index (χ2v) is 8.53. The number of fused-ring (bicyclic) bond motifs is 2. The molecule has 1 aromatic heterocycles. The van der Waals surface area contributed by atoms with E-state index in [9.17, 15) is 9.59 Å². The number of carbonyl (C=O) groups excluding carboxylic acids is 2. The van der Waals surface area contributed by atoms with Gasteiger partial charge in [-0.25, -0.2) is 9.78 Å². The first kappa shape index (κ1) is 21.9. The molecule has 1 heterocycles. The maximum atomic E-state index is 13.2. The highest BCUT2D eigenvalue weighted by Crippen LogP contribution is 2.38. The third kappa shape index (κ3) is 4.33. The Kier molecular flexibility index (Phi) is 5.92. The normalized spacial score (nSPS) is 15.8. The lowest BCUT2D eigenvalue weighted by atomic mass is 10.0. The summed E-state index contributed by atoms with van der Waals surface area (Å²) in [7, 11) is 3.21. The molecule has 0 spiro atoms. The minimum absolute atomic E-state index is 0.224. The quantitative estimate of drug-likeness (QED) is 0.535. The van der Waals surface area contributed by atoms with E-state index < -0.39 is 5.97 Å². The maximum Gasteiger partial charge on any atom is 0.339 e. The van der Waals surface area contributed by atoms with Gasteiger partial charge in [-0.15, -0.1) is 0 Å². The van der Waals surface area contributed by atoms with E-state index in [1.54, 1.807) is 14.2 Å².